The maximum atomic E-state index is 12.9. The van der Waals surface area contributed by atoms with Crippen LogP contribution in [-0.4, -0.2) is 41.4 Å². The normalized spacial score (nSPS) is 11.5. The first-order valence-electron chi connectivity index (χ1n) is 10.1. The van der Waals surface area contributed by atoms with Crippen LogP contribution >= 0.6 is 0 Å². The highest BCUT2D eigenvalue weighted by molar-refractivity contribution is 7.92. The van der Waals surface area contributed by atoms with Crippen molar-refractivity contribution in [3.05, 3.63) is 72.4 Å². The molecule has 2 heterocycles. The number of nitrogens with zero attached hydrogens (tertiary/aromatic N) is 5. The Bertz CT molecular complexity index is 1360. The van der Waals surface area contributed by atoms with Gasteiger partial charge in [0.2, 0.25) is 0 Å². The van der Waals surface area contributed by atoms with E-state index in [9.17, 15) is 13.2 Å². The van der Waals surface area contributed by atoms with Gasteiger partial charge in [0, 0.05) is 24.8 Å². The van der Waals surface area contributed by atoms with E-state index in [0.29, 0.717) is 11.4 Å². The molecule has 2 aromatic carbocycles. The third-order valence-electron chi connectivity index (χ3n) is 4.90. The first kappa shape index (κ1) is 22.2. The van der Waals surface area contributed by atoms with Crippen LogP contribution in [0, 0.1) is 0 Å². The summed E-state index contributed by atoms with van der Waals surface area (Å²) < 4.78 is 34.2. The van der Waals surface area contributed by atoms with Crippen molar-refractivity contribution in [2.45, 2.75) is 24.8 Å². The summed E-state index contributed by atoms with van der Waals surface area (Å²) in [4.78, 5) is 12.6. The van der Waals surface area contributed by atoms with Crippen LogP contribution in [0.3, 0.4) is 0 Å². The van der Waals surface area contributed by atoms with E-state index in [1.165, 1.54) is 35.6 Å². The number of hydrogen-bond acceptors (Lipinski definition) is 7. The molecule has 10 nitrogen and oxygen atoms in total. The zero-order valence-electron chi connectivity index (χ0n) is 18.2. The minimum atomic E-state index is -3.77. The largest absolute Gasteiger partial charge is 0.401 e. The molecule has 0 radical (unpaired) electrons. The van der Waals surface area contributed by atoms with Gasteiger partial charge in [0.05, 0.1) is 10.6 Å². The number of amides is 1. The molecule has 170 valence electrons. The molecular weight excluding hydrogens is 444 g/mol. The minimum Gasteiger partial charge on any atom is -0.401 e. The molecule has 1 N–H and O–H groups in total. The van der Waals surface area contributed by atoms with E-state index in [4.69, 9.17) is 4.42 Å². The Morgan fingerprint density at radius 3 is 2.36 bits per heavy atom. The second-order valence-electron chi connectivity index (χ2n) is 7.47. The van der Waals surface area contributed by atoms with Crippen LogP contribution in [0.25, 0.3) is 11.6 Å². The highest BCUT2D eigenvalue weighted by atomic mass is 32.2. The summed E-state index contributed by atoms with van der Waals surface area (Å²) >= 11 is 0. The van der Waals surface area contributed by atoms with Gasteiger partial charge in [-0.25, -0.2) is 8.42 Å². The minimum absolute atomic E-state index is 0.0613. The lowest BCUT2D eigenvalue weighted by atomic mass is 10.2. The summed E-state index contributed by atoms with van der Waals surface area (Å²) in [5, 5.41) is 14.6. The summed E-state index contributed by atoms with van der Waals surface area (Å²) in [5.41, 5.74) is 1.26. The smallest absolute Gasteiger partial charge is 0.322 e. The number of rotatable bonds is 7. The average molecular weight is 467 g/mol. The molecule has 1 amide bonds. The Kier molecular flexibility index (Phi) is 5.97. The van der Waals surface area contributed by atoms with E-state index in [0.717, 1.165) is 0 Å². The molecule has 0 aliphatic rings. The van der Waals surface area contributed by atoms with Crippen molar-refractivity contribution in [3.63, 3.8) is 0 Å². The number of para-hydroxylation sites is 1. The maximum absolute atomic E-state index is 12.9. The van der Waals surface area contributed by atoms with E-state index in [2.05, 4.69) is 20.6 Å². The molecule has 2 aromatic heterocycles. The third-order valence-corrected chi connectivity index (χ3v) is 6.70. The van der Waals surface area contributed by atoms with Crippen LogP contribution in [0.5, 0.6) is 0 Å². The van der Waals surface area contributed by atoms with Crippen LogP contribution in [0.4, 0.5) is 11.7 Å². The molecule has 0 saturated heterocycles. The average Bonchev–Trinajstić information content (AvgIpc) is 3.49. The molecule has 4 rings (SSSR count). The van der Waals surface area contributed by atoms with Crippen LogP contribution in [0.1, 0.15) is 30.2 Å². The summed E-state index contributed by atoms with van der Waals surface area (Å²) in [6, 6.07) is 16.1. The van der Waals surface area contributed by atoms with Crippen LogP contribution < -0.4 is 9.62 Å². The highest BCUT2D eigenvalue weighted by Gasteiger charge is 2.22. The lowest BCUT2D eigenvalue weighted by Crippen LogP contribution is -2.26. The molecule has 0 aliphatic carbocycles. The monoisotopic (exact) mass is 466 g/mol. The second-order valence-corrected chi connectivity index (χ2v) is 9.44. The van der Waals surface area contributed by atoms with E-state index in [1.807, 2.05) is 19.9 Å². The van der Waals surface area contributed by atoms with Gasteiger partial charge in [-0.2, -0.15) is 5.10 Å². The molecule has 0 aliphatic heterocycles. The molecule has 0 saturated carbocycles. The number of sulfonamides is 1. The van der Waals surface area contributed by atoms with Crippen LogP contribution in [0.15, 0.2) is 76.2 Å². The van der Waals surface area contributed by atoms with Gasteiger partial charge in [-0.1, -0.05) is 23.3 Å². The van der Waals surface area contributed by atoms with Crippen molar-refractivity contribution >= 4 is 27.6 Å². The molecule has 0 atom stereocenters. The van der Waals surface area contributed by atoms with E-state index < -0.39 is 15.9 Å². The van der Waals surface area contributed by atoms with Gasteiger partial charge in [-0.3, -0.25) is 19.1 Å². The van der Waals surface area contributed by atoms with E-state index >= 15 is 0 Å². The van der Waals surface area contributed by atoms with Crippen molar-refractivity contribution in [2.24, 2.45) is 0 Å². The van der Waals surface area contributed by atoms with Gasteiger partial charge < -0.3 is 4.42 Å². The zero-order valence-corrected chi connectivity index (χ0v) is 19.0. The number of benzene rings is 2. The third kappa shape index (κ3) is 4.62. The molecule has 0 spiro atoms. The van der Waals surface area contributed by atoms with Gasteiger partial charge in [0.15, 0.2) is 0 Å². The lowest BCUT2D eigenvalue weighted by Gasteiger charge is -2.19. The fourth-order valence-electron chi connectivity index (χ4n) is 3.00. The summed E-state index contributed by atoms with van der Waals surface area (Å²) in [5.74, 6) is -0.339. The number of carbonyl (C=O) groups is 1. The SMILES string of the molecule is CC(C)n1ccc(-c2nnc(NC(=O)c3ccc(S(=O)(=O)N(C)c4ccccc4)cc3)o2)n1. The second kappa shape index (κ2) is 8.87. The number of anilines is 2. The van der Waals surface area contributed by atoms with Crippen LogP contribution in [0.2, 0.25) is 0 Å². The molecule has 33 heavy (non-hydrogen) atoms. The van der Waals surface area contributed by atoms with Crippen molar-refractivity contribution in [1.29, 1.82) is 0 Å². The van der Waals surface area contributed by atoms with Gasteiger partial charge >= 0.3 is 6.01 Å². The van der Waals surface area contributed by atoms with Crippen molar-refractivity contribution in [2.75, 3.05) is 16.7 Å². The first-order chi connectivity index (χ1) is 15.8. The zero-order chi connectivity index (χ0) is 23.6. The van der Waals surface area contributed by atoms with Crippen molar-refractivity contribution in [1.82, 2.24) is 20.0 Å². The Balaban J connectivity index is 1.46. The number of aromatic nitrogens is 4. The summed E-state index contributed by atoms with van der Waals surface area (Å²) in [7, 11) is -2.30. The Hall–Kier alpha value is -3.99. The Labute approximate surface area is 190 Å². The number of nitrogens with one attached hydrogen (secondary N) is 1. The number of hydrogen-bond donors (Lipinski definition) is 1. The molecule has 11 heteroatoms. The molecule has 0 fully saturated rings. The van der Waals surface area contributed by atoms with Crippen LogP contribution in [-0.2, 0) is 10.0 Å². The Morgan fingerprint density at radius 1 is 1.03 bits per heavy atom. The van der Waals surface area contributed by atoms with E-state index in [-0.39, 0.29) is 28.4 Å². The van der Waals surface area contributed by atoms with Crippen molar-refractivity contribution in [3.8, 4) is 11.6 Å². The van der Waals surface area contributed by atoms with E-state index in [1.54, 1.807) is 41.2 Å². The molecule has 4 aromatic rings. The molecular formula is C22H22N6O4S. The first-order valence-corrected chi connectivity index (χ1v) is 11.5. The topological polar surface area (TPSA) is 123 Å². The van der Waals surface area contributed by atoms with Gasteiger partial charge in [0.25, 0.3) is 21.8 Å². The number of carbonyl (C=O) groups excluding carboxylic acids is 1. The maximum Gasteiger partial charge on any atom is 0.322 e. The van der Waals surface area contributed by atoms with Crippen molar-refractivity contribution < 1.29 is 17.6 Å². The van der Waals surface area contributed by atoms with Gasteiger partial charge in [-0.15, -0.1) is 5.10 Å². The van der Waals surface area contributed by atoms with Gasteiger partial charge in [0.1, 0.15) is 5.69 Å². The predicted molar refractivity (Wildman–Crippen MR) is 122 cm³/mol. The highest BCUT2D eigenvalue weighted by Crippen LogP contribution is 2.23. The fourth-order valence-corrected chi connectivity index (χ4v) is 4.19. The predicted octanol–water partition coefficient (Wildman–Crippen LogP) is 3.59. The quantitative estimate of drug-likeness (QED) is 0.441. The lowest BCUT2D eigenvalue weighted by molar-refractivity contribution is 0.102. The summed E-state index contributed by atoms with van der Waals surface area (Å²) in [6.45, 7) is 3.99. The fraction of sp³-hybridized carbons (Fsp3) is 0.182. The summed E-state index contributed by atoms with van der Waals surface area (Å²) in [6.07, 6.45) is 1.80. The van der Waals surface area contributed by atoms with Gasteiger partial charge in [-0.05, 0) is 56.3 Å². The standard InChI is InChI=1S/C22H22N6O4S/c1-15(2)28-14-13-19(26-28)21-24-25-22(32-21)23-20(29)16-9-11-18(12-10-16)33(30,31)27(3)17-7-5-4-6-8-17/h4-15H,1-3H3,(H,23,25,29). The molecule has 0 unspecified atom stereocenters. The Morgan fingerprint density at radius 2 is 1.73 bits per heavy atom. The molecule has 0 bridgehead atoms.